The molecule has 2 aromatic rings. The van der Waals surface area contributed by atoms with E-state index >= 15 is 0 Å². The average molecular weight is 294 g/mol. The molecule has 0 fully saturated rings. The summed E-state index contributed by atoms with van der Waals surface area (Å²) in [5.74, 6) is 0.336. The highest BCUT2D eigenvalue weighted by atomic mass is 35.5. The third kappa shape index (κ3) is 3.73. The molecule has 2 rings (SSSR count). The van der Waals surface area contributed by atoms with Crippen LogP contribution in [0.3, 0.4) is 0 Å². The summed E-state index contributed by atoms with van der Waals surface area (Å²) in [4.78, 5) is 0. The first-order valence-electron chi connectivity index (χ1n) is 6.37. The van der Waals surface area contributed by atoms with E-state index in [1.807, 2.05) is 25.2 Å². The molecule has 0 saturated heterocycles. The Balaban J connectivity index is 2.34. The second-order valence-corrected chi connectivity index (χ2v) is 5.34. The predicted molar refractivity (Wildman–Crippen MR) is 83.3 cm³/mol. The van der Waals surface area contributed by atoms with E-state index in [4.69, 9.17) is 23.2 Å². The van der Waals surface area contributed by atoms with E-state index in [2.05, 4.69) is 35.6 Å². The second kappa shape index (κ2) is 6.95. The lowest BCUT2D eigenvalue weighted by Crippen LogP contribution is -2.13. The van der Waals surface area contributed by atoms with Gasteiger partial charge in [-0.15, -0.1) is 0 Å². The highest BCUT2D eigenvalue weighted by Crippen LogP contribution is 2.32. The van der Waals surface area contributed by atoms with Crippen LogP contribution in [0.25, 0.3) is 0 Å². The summed E-state index contributed by atoms with van der Waals surface area (Å²) >= 11 is 12.1. The lowest BCUT2D eigenvalue weighted by Gasteiger charge is -2.18. The standard InChI is InChI=1S/C16H17Cl2N/c1-19-10-9-14(12-5-3-2-4-6-12)13-7-8-15(17)16(18)11-13/h2-8,11,14,19H,9-10H2,1H3. The van der Waals surface area contributed by atoms with Crippen LogP contribution in [0.4, 0.5) is 0 Å². The molecule has 0 aliphatic rings. The summed E-state index contributed by atoms with van der Waals surface area (Å²) in [6, 6.07) is 16.4. The van der Waals surface area contributed by atoms with Gasteiger partial charge < -0.3 is 5.32 Å². The van der Waals surface area contributed by atoms with Crippen molar-refractivity contribution in [3.63, 3.8) is 0 Å². The first-order valence-corrected chi connectivity index (χ1v) is 7.12. The third-order valence-electron chi connectivity index (χ3n) is 3.23. The lowest BCUT2D eigenvalue weighted by molar-refractivity contribution is 0.662. The van der Waals surface area contributed by atoms with E-state index in [9.17, 15) is 0 Å². The van der Waals surface area contributed by atoms with Crippen molar-refractivity contribution in [3.8, 4) is 0 Å². The third-order valence-corrected chi connectivity index (χ3v) is 3.97. The van der Waals surface area contributed by atoms with E-state index in [0.29, 0.717) is 16.0 Å². The molecule has 1 atom stereocenters. The minimum absolute atomic E-state index is 0.336. The average Bonchev–Trinajstić information content (AvgIpc) is 2.44. The molecule has 1 N–H and O–H groups in total. The summed E-state index contributed by atoms with van der Waals surface area (Å²) in [5.41, 5.74) is 2.51. The van der Waals surface area contributed by atoms with Gasteiger partial charge in [-0.25, -0.2) is 0 Å². The topological polar surface area (TPSA) is 12.0 Å². The van der Waals surface area contributed by atoms with Gasteiger partial charge in [-0.2, -0.15) is 0 Å². The van der Waals surface area contributed by atoms with Crippen LogP contribution in [-0.4, -0.2) is 13.6 Å². The molecule has 0 saturated carbocycles. The Morgan fingerprint density at radius 1 is 0.947 bits per heavy atom. The van der Waals surface area contributed by atoms with Crippen molar-refractivity contribution in [1.29, 1.82) is 0 Å². The van der Waals surface area contributed by atoms with Crippen LogP contribution in [-0.2, 0) is 0 Å². The summed E-state index contributed by atoms with van der Waals surface area (Å²) in [7, 11) is 1.97. The molecule has 0 amide bonds. The van der Waals surface area contributed by atoms with Gasteiger partial charge in [0, 0.05) is 5.92 Å². The van der Waals surface area contributed by atoms with Crippen molar-refractivity contribution in [2.24, 2.45) is 0 Å². The second-order valence-electron chi connectivity index (χ2n) is 4.53. The van der Waals surface area contributed by atoms with Crippen molar-refractivity contribution >= 4 is 23.2 Å². The summed E-state index contributed by atoms with van der Waals surface area (Å²) < 4.78 is 0. The maximum Gasteiger partial charge on any atom is 0.0595 e. The molecule has 0 radical (unpaired) electrons. The number of hydrogen-bond donors (Lipinski definition) is 1. The molecule has 0 aliphatic carbocycles. The Kier molecular flexibility index (Phi) is 5.26. The van der Waals surface area contributed by atoms with Crippen LogP contribution in [0.5, 0.6) is 0 Å². The SMILES string of the molecule is CNCCC(c1ccccc1)c1ccc(Cl)c(Cl)c1. The molecule has 100 valence electrons. The van der Waals surface area contributed by atoms with Crippen LogP contribution in [0.2, 0.25) is 10.0 Å². The van der Waals surface area contributed by atoms with E-state index in [-0.39, 0.29) is 0 Å². The molecule has 0 bridgehead atoms. The highest BCUT2D eigenvalue weighted by molar-refractivity contribution is 6.42. The fraction of sp³-hybridized carbons (Fsp3) is 0.250. The minimum atomic E-state index is 0.336. The molecule has 0 aromatic heterocycles. The molecule has 2 aromatic carbocycles. The van der Waals surface area contributed by atoms with E-state index in [1.165, 1.54) is 11.1 Å². The minimum Gasteiger partial charge on any atom is -0.320 e. The molecule has 19 heavy (non-hydrogen) atoms. The lowest BCUT2D eigenvalue weighted by atomic mass is 9.88. The fourth-order valence-electron chi connectivity index (χ4n) is 2.23. The Labute approximate surface area is 124 Å². The van der Waals surface area contributed by atoms with Crippen molar-refractivity contribution in [2.45, 2.75) is 12.3 Å². The van der Waals surface area contributed by atoms with Crippen LogP contribution in [0.15, 0.2) is 48.5 Å². The van der Waals surface area contributed by atoms with Gasteiger partial charge in [0.15, 0.2) is 0 Å². The van der Waals surface area contributed by atoms with Crippen LogP contribution in [0.1, 0.15) is 23.5 Å². The Morgan fingerprint density at radius 2 is 1.68 bits per heavy atom. The molecule has 1 nitrogen and oxygen atoms in total. The summed E-state index contributed by atoms with van der Waals surface area (Å²) in [5, 5.41) is 4.42. The van der Waals surface area contributed by atoms with Crippen molar-refractivity contribution in [3.05, 3.63) is 69.7 Å². The van der Waals surface area contributed by atoms with Gasteiger partial charge in [0.25, 0.3) is 0 Å². The van der Waals surface area contributed by atoms with Gasteiger partial charge in [0.1, 0.15) is 0 Å². The number of hydrogen-bond acceptors (Lipinski definition) is 1. The van der Waals surface area contributed by atoms with Crippen LogP contribution >= 0.6 is 23.2 Å². The van der Waals surface area contributed by atoms with Gasteiger partial charge >= 0.3 is 0 Å². The Hall–Kier alpha value is -1.02. The molecule has 0 spiro atoms. The van der Waals surface area contributed by atoms with E-state index in [0.717, 1.165) is 13.0 Å². The van der Waals surface area contributed by atoms with Crippen molar-refractivity contribution in [2.75, 3.05) is 13.6 Å². The van der Waals surface area contributed by atoms with Gasteiger partial charge in [0.05, 0.1) is 10.0 Å². The van der Waals surface area contributed by atoms with Crippen LogP contribution in [0, 0.1) is 0 Å². The highest BCUT2D eigenvalue weighted by Gasteiger charge is 2.14. The summed E-state index contributed by atoms with van der Waals surface area (Å²) in [6.45, 7) is 0.958. The zero-order valence-electron chi connectivity index (χ0n) is 10.9. The van der Waals surface area contributed by atoms with Crippen molar-refractivity contribution < 1.29 is 0 Å². The zero-order chi connectivity index (χ0) is 13.7. The van der Waals surface area contributed by atoms with Crippen molar-refractivity contribution in [1.82, 2.24) is 5.32 Å². The number of benzene rings is 2. The van der Waals surface area contributed by atoms with E-state index in [1.54, 1.807) is 0 Å². The maximum atomic E-state index is 6.13. The van der Waals surface area contributed by atoms with Gasteiger partial charge in [-0.1, -0.05) is 59.6 Å². The van der Waals surface area contributed by atoms with Gasteiger partial charge in [-0.05, 0) is 43.3 Å². The quantitative estimate of drug-likeness (QED) is 0.840. The molecule has 0 heterocycles. The monoisotopic (exact) mass is 293 g/mol. The number of halogens is 2. The largest absolute Gasteiger partial charge is 0.320 e. The molecular formula is C16H17Cl2N. The number of rotatable bonds is 5. The zero-order valence-corrected chi connectivity index (χ0v) is 12.4. The van der Waals surface area contributed by atoms with Crippen LogP contribution < -0.4 is 5.32 Å². The molecule has 3 heteroatoms. The van der Waals surface area contributed by atoms with Gasteiger partial charge in [0.2, 0.25) is 0 Å². The molecular weight excluding hydrogens is 277 g/mol. The van der Waals surface area contributed by atoms with Gasteiger partial charge in [-0.3, -0.25) is 0 Å². The Morgan fingerprint density at radius 3 is 2.32 bits per heavy atom. The molecule has 0 aliphatic heterocycles. The number of nitrogens with one attached hydrogen (secondary N) is 1. The molecule has 1 unspecified atom stereocenters. The summed E-state index contributed by atoms with van der Waals surface area (Å²) in [6.07, 6.45) is 1.03. The smallest absolute Gasteiger partial charge is 0.0595 e. The first kappa shape index (κ1) is 14.4. The fourth-order valence-corrected chi connectivity index (χ4v) is 2.54. The van der Waals surface area contributed by atoms with E-state index < -0.39 is 0 Å². The predicted octanol–water partition coefficient (Wildman–Crippen LogP) is 4.73. The Bertz CT molecular complexity index is 526. The first-order chi connectivity index (χ1) is 9.22. The normalized spacial score (nSPS) is 12.4. The maximum absolute atomic E-state index is 6.13.